The molecule has 118 valence electrons. The largest absolute Gasteiger partial charge is 0.507 e. The van der Waals surface area contributed by atoms with Gasteiger partial charge in [0.05, 0.1) is 10.9 Å². The molecule has 2 heterocycles. The summed E-state index contributed by atoms with van der Waals surface area (Å²) in [6.07, 6.45) is 1.24. The molecule has 1 aromatic carbocycles. The number of phenolic OH excluding ortho intramolecular Hbond substituents is 1. The van der Waals surface area contributed by atoms with Crippen LogP contribution in [0.15, 0.2) is 27.6 Å². The maximum Gasteiger partial charge on any atom is 0.211 e. The molecule has 0 saturated carbocycles. The number of hydrogen-bond donors (Lipinski definition) is 1. The zero-order valence-electron chi connectivity index (χ0n) is 12.5. The lowest BCUT2D eigenvalue weighted by Gasteiger charge is -2.34. The van der Waals surface area contributed by atoms with E-state index in [1.165, 1.54) is 12.3 Å². The van der Waals surface area contributed by atoms with Crippen molar-refractivity contribution in [2.45, 2.75) is 13.5 Å². The normalized spacial score (nSPS) is 17.2. The molecule has 0 radical (unpaired) electrons. The minimum absolute atomic E-state index is 0.0562. The van der Waals surface area contributed by atoms with Crippen molar-refractivity contribution in [2.24, 2.45) is 0 Å². The van der Waals surface area contributed by atoms with Gasteiger partial charge in [-0.3, -0.25) is 9.69 Å². The van der Waals surface area contributed by atoms with Crippen LogP contribution < -0.4 is 5.43 Å². The lowest BCUT2D eigenvalue weighted by Crippen LogP contribution is -2.45. The smallest absolute Gasteiger partial charge is 0.211 e. The van der Waals surface area contributed by atoms with Crippen molar-refractivity contribution >= 4 is 22.6 Å². The van der Waals surface area contributed by atoms with E-state index in [0.29, 0.717) is 23.1 Å². The standard InChI is InChI=1S/C16H19ClN2O3/c1-2-18-5-7-19(8-6-18)9-12-14(20)4-3-11-15(21)13(17)10-22-16(11)12/h3-4,10,20H,2,5-9H2,1H3. The number of phenols is 1. The Balaban J connectivity index is 1.92. The van der Waals surface area contributed by atoms with E-state index in [9.17, 15) is 9.90 Å². The molecule has 1 N–H and O–H groups in total. The van der Waals surface area contributed by atoms with Crippen LogP contribution in [-0.2, 0) is 6.54 Å². The Labute approximate surface area is 133 Å². The lowest BCUT2D eigenvalue weighted by atomic mass is 10.1. The average Bonchev–Trinajstić information content (AvgIpc) is 2.54. The van der Waals surface area contributed by atoms with Crippen LogP contribution in [-0.4, -0.2) is 47.6 Å². The molecule has 2 aromatic rings. The molecule has 1 aromatic heterocycles. The number of likely N-dealkylation sites (N-methyl/N-ethyl adjacent to an activating group) is 1. The molecule has 3 rings (SSSR count). The van der Waals surface area contributed by atoms with Crippen molar-refractivity contribution in [3.8, 4) is 5.75 Å². The van der Waals surface area contributed by atoms with Gasteiger partial charge in [0, 0.05) is 32.7 Å². The van der Waals surface area contributed by atoms with Crippen LogP contribution in [0.25, 0.3) is 11.0 Å². The number of benzene rings is 1. The van der Waals surface area contributed by atoms with Crippen LogP contribution in [0.3, 0.4) is 0 Å². The van der Waals surface area contributed by atoms with Gasteiger partial charge >= 0.3 is 0 Å². The van der Waals surface area contributed by atoms with E-state index in [-0.39, 0.29) is 16.2 Å². The fraction of sp³-hybridized carbons (Fsp3) is 0.438. The Kier molecular flexibility index (Phi) is 4.38. The van der Waals surface area contributed by atoms with Crippen molar-refractivity contribution < 1.29 is 9.52 Å². The molecule has 1 aliphatic rings. The number of nitrogens with zero attached hydrogens (tertiary/aromatic N) is 2. The Morgan fingerprint density at radius 1 is 1.23 bits per heavy atom. The second kappa shape index (κ2) is 6.28. The molecule has 6 heteroatoms. The van der Waals surface area contributed by atoms with Gasteiger partial charge in [-0.25, -0.2) is 0 Å². The van der Waals surface area contributed by atoms with E-state index in [1.807, 2.05) is 0 Å². The van der Waals surface area contributed by atoms with Crippen LogP contribution in [0.5, 0.6) is 5.75 Å². The number of aromatic hydroxyl groups is 1. The third-order valence-electron chi connectivity index (χ3n) is 4.27. The topological polar surface area (TPSA) is 56.9 Å². The second-order valence-corrected chi connectivity index (χ2v) is 5.97. The van der Waals surface area contributed by atoms with Gasteiger partial charge in [0.15, 0.2) is 0 Å². The van der Waals surface area contributed by atoms with E-state index in [1.54, 1.807) is 6.07 Å². The number of rotatable bonds is 3. The quantitative estimate of drug-likeness (QED) is 0.939. The summed E-state index contributed by atoms with van der Waals surface area (Å²) in [6, 6.07) is 3.09. The third-order valence-corrected chi connectivity index (χ3v) is 4.53. The van der Waals surface area contributed by atoms with Crippen molar-refractivity contribution in [1.29, 1.82) is 0 Å². The van der Waals surface area contributed by atoms with Crippen LogP contribution >= 0.6 is 11.6 Å². The van der Waals surface area contributed by atoms with Gasteiger partial charge in [-0.1, -0.05) is 18.5 Å². The summed E-state index contributed by atoms with van der Waals surface area (Å²) in [5.41, 5.74) is 0.809. The van der Waals surface area contributed by atoms with Gasteiger partial charge in [0.25, 0.3) is 0 Å². The Hall–Kier alpha value is -1.56. The highest BCUT2D eigenvalue weighted by Crippen LogP contribution is 2.28. The Bertz CT molecular complexity index is 736. The van der Waals surface area contributed by atoms with E-state index in [0.717, 1.165) is 32.7 Å². The Morgan fingerprint density at radius 2 is 1.91 bits per heavy atom. The molecule has 0 bridgehead atoms. The summed E-state index contributed by atoms with van der Waals surface area (Å²) in [5, 5.41) is 10.6. The van der Waals surface area contributed by atoms with E-state index in [4.69, 9.17) is 16.0 Å². The molecule has 0 aliphatic carbocycles. The number of hydrogen-bond acceptors (Lipinski definition) is 5. The summed E-state index contributed by atoms with van der Waals surface area (Å²) >= 11 is 5.82. The maximum atomic E-state index is 12.1. The summed E-state index contributed by atoms with van der Waals surface area (Å²) in [4.78, 5) is 16.7. The first-order chi connectivity index (χ1) is 10.6. The van der Waals surface area contributed by atoms with Gasteiger partial charge in [0.1, 0.15) is 22.6 Å². The van der Waals surface area contributed by atoms with E-state index in [2.05, 4.69) is 16.7 Å². The lowest BCUT2D eigenvalue weighted by molar-refractivity contribution is 0.131. The van der Waals surface area contributed by atoms with Crippen LogP contribution in [0.4, 0.5) is 0 Å². The van der Waals surface area contributed by atoms with Crippen LogP contribution in [0, 0.1) is 0 Å². The molecule has 1 aliphatic heterocycles. The van der Waals surface area contributed by atoms with E-state index >= 15 is 0 Å². The fourth-order valence-electron chi connectivity index (χ4n) is 2.86. The van der Waals surface area contributed by atoms with Crippen molar-refractivity contribution in [2.75, 3.05) is 32.7 Å². The van der Waals surface area contributed by atoms with Gasteiger partial charge in [-0.2, -0.15) is 0 Å². The molecule has 1 saturated heterocycles. The molecular weight excluding hydrogens is 304 g/mol. The number of halogens is 1. The minimum atomic E-state index is -0.264. The SMILES string of the molecule is CCN1CCN(Cc2c(O)ccc3c(=O)c(Cl)coc23)CC1. The Morgan fingerprint density at radius 3 is 2.59 bits per heavy atom. The average molecular weight is 323 g/mol. The summed E-state index contributed by atoms with van der Waals surface area (Å²) in [7, 11) is 0. The van der Waals surface area contributed by atoms with Gasteiger partial charge in [-0.05, 0) is 18.7 Å². The predicted octanol–water partition coefficient (Wildman–Crippen LogP) is 2.29. The second-order valence-electron chi connectivity index (χ2n) is 5.56. The van der Waals surface area contributed by atoms with Gasteiger partial charge in [-0.15, -0.1) is 0 Å². The molecule has 5 nitrogen and oxygen atoms in total. The molecule has 0 spiro atoms. The zero-order chi connectivity index (χ0) is 15.7. The minimum Gasteiger partial charge on any atom is -0.507 e. The summed E-state index contributed by atoms with van der Waals surface area (Å²) in [5.74, 6) is 0.149. The maximum absolute atomic E-state index is 12.1. The summed E-state index contributed by atoms with van der Waals surface area (Å²) < 4.78 is 5.49. The fourth-order valence-corrected chi connectivity index (χ4v) is 3.01. The summed E-state index contributed by atoms with van der Waals surface area (Å²) in [6.45, 7) is 7.66. The van der Waals surface area contributed by atoms with Gasteiger partial charge < -0.3 is 14.4 Å². The van der Waals surface area contributed by atoms with Crippen molar-refractivity contribution in [3.63, 3.8) is 0 Å². The first-order valence-corrected chi connectivity index (χ1v) is 7.84. The first kappa shape index (κ1) is 15.3. The highest BCUT2D eigenvalue weighted by Gasteiger charge is 2.20. The number of piperazine rings is 1. The molecule has 0 atom stereocenters. The predicted molar refractivity (Wildman–Crippen MR) is 86.5 cm³/mol. The highest BCUT2D eigenvalue weighted by atomic mass is 35.5. The molecule has 0 unspecified atom stereocenters. The van der Waals surface area contributed by atoms with Crippen LogP contribution in [0.1, 0.15) is 12.5 Å². The van der Waals surface area contributed by atoms with Crippen molar-refractivity contribution in [3.05, 3.63) is 39.2 Å². The molecule has 0 amide bonds. The van der Waals surface area contributed by atoms with Gasteiger partial charge in [0.2, 0.25) is 5.43 Å². The first-order valence-electron chi connectivity index (χ1n) is 7.46. The third kappa shape index (κ3) is 2.84. The molecular formula is C16H19ClN2O3. The van der Waals surface area contributed by atoms with Crippen molar-refractivity contribution in [1.82, 2.24) is 9.80 Å². The monoisotopic (exact) mass is 322 g/mol. The number of fused-ring (bicyclic) bond motifs is 1. The highest BCUT2D eigenvalue weighted by molar-refractivity contribution is 6.30. The van der Waals surface area contributed by atoms with Crippen LogP contribution in [0.2, 0.25) is 5.02 Å². The molecule has 1 fully saturated rings. The zero-order valence-corrected chi connectivity index (χ0v) is 13.3. The van der Waals surface area contributed by atoms with E-state index < -0.39 is 0 Å². The molecule has 22 heavy (non-hydrogen) atoms.